The normalized spacial score (nSPS) is 14.3. The minimum absolute atomic E-state index is 0.627. The maximum absolute atomic E-state index is 6.82. The molecule has 0 bridgehead atoms. The van der Waals surface area contributed by atoms with Gasteiger partial charge in [0.25, 0.3) is 0 Å². The molecule has 11 aromatic rings. The van der Waals surface area contributed by atoms with Crippen LogP contribution in [0.1, 0.15) is 44.5 Å². The predicted octanol–water partition coefficient (Wildman–Crippen LogP) is 16.9. The van der Waals surface area contributed by atoms with Gasteiger partial charge < -0.3 is 14.4 Å². The summed E-state index contributed by atoms with van der Waals surface area (Å²) in [4.78, 5) is 2.50. The Morgan fingerprint density at radius 2 is 0.739 bits per heavy atom. The van der Waals surface area contributed by atoms with Gasteiger partial charge in [-0.2, -0.15) is 0 Å². The molecule has 0 saturated heterocycles. The molecule has 3 heteroatoms. The molecular formula is C66H41NO2. The van der Waals surface area contributed by atoms with Gasteiger partial charge in [0.2, 0.25) is 0 Å². The molecular weight excluding hydrogens is 839 g/mol. The second kappa shape index (κ2) is 14.3. The van der Waals surface area contributed by atoms with Gasteiger partial charge >= 0.3 is 0 Å². The average molecular weight is 880 g/mol. The Balaban J connectivity index is 1.05. The highest BCUT2D eigenvalue weighted by molar-refractivity contribution is 6.05. The minimum atomic E-state index is -0.667. The molecule has 2 aliphatic heterocycles. The molecule has 15 rings (SSSR count). The molecule has 69 heavy (non-hydrogen) atoms. The van der Waals surface area contributed by atoms with E-state index in [4.69, 9.17) is 9.47 Å². The third-order valence-electron chi connectivity index (χ3n) is 15.4. The summed E-state index contributed by atoms with van der Waals surface area (Å²) < 4.78 is 13.6. The molecule has 0 fully saturated rings. The van der Waals surface area contributed by atoms with Gasteiger partial charge in [0, 0.05) is 39.2 Å². The Kier molecular flexibility index (Phi) is 7.92. The van der Waals surface area contributed by atoms with Crippen LogP contribution in [0.2, 0.25) is 0 Å². The van der Waals surface area contributed by atoms with Crippen molar-refractivity contribution in [2.24, 2.45) is 0 Å². The zero-order valence-electron chi connectivity index (χ0n) is 37.4. The number of benzene rings is 11. The van der Waals surface area contributed by atoms with Gasteiger partial charge in [-0.05, 0) is 115 Å². The first-order chi connectivity index (χ1) is 34.2. The highest BCUT2D eigenvalue weighted by atomic mass is 16.5. The summed E-state index contributed by atoms with van der Waals surface area (Å²) in [6.45, 7) is 0. The summed E-state index contributed by atoms with van der Waals surface area (Å²) >= 11 is 0. The van der Waals surface area contributed by atoms with Gasteiger partial charge in [0.1, 0.15) is 23.0 Å². The molecule has 2 spiro atoms. The van der Waals surface area contributed by atoms with Gasteiger partial charge in [0.15, 0.2) is 0 Å². The van der Waals surface area contributed by atoms with Crippen LogP contribution in [0.15, 0.2) is 249 Å². The van der Waals surface area contributed by atoms with Crippen molar-refractivity contribution in [1.82, 2.24) is 0 Å². The summed E-state index contributed by atoms with van der Waals surface area (Å²) in [6.07, 6.45) is 0. The zero-order chi connectivity index (χ0) is 45.3. The monoisotopic (exact) mass is 879 g/mol. The predicted molar refractivity (Wildman–Crippen MR) is 279 cm³/mol. The average Bonchev–Trinajstić information content (AvgIpc) is 3.87. The summed E-state index contributed by atoms with van der Waals surface area (Å²) in [7, 11) is 0. The zero-order valence-corrected chi connectivity index (χ0v) is 37.4. The van der Waals surface area contributed by atoms with E-state index < -0.39 is 10.8 Å². The van der Waals surface area contributed by atoms with E-state index in [1.54, 1.807) is 0 Å². The maximum Gasteiger partial charge on any atom is 0.132 e. The van der Waals surface area contributed by atoms with Gasteiger partial charge in [-0.25, -0.2) is 0 Å². The van der Waals surface area contributed by atoms with Crippen molar-refractivity contribution in [2.45, 2.75) is 10.8 Å². The minimum Gasteiger partial charge on any atom is -0.457 e. The van der Waals surface area contributed by atoms with Crippen LogP contribution < -0.4 is 14.4 Å². The summed E-state index contributed by atoms with van der Waals surface area (Å²) in [5, 5.41) is 2.47. The quantitative estimate of drug-likeness (QED) is 0.176. The van der Waals surface area contributed by atoms with E-state index in [1.807, 2.05) is 0 Å². The second-order valence-electron chi connectivity index (χ2n) is 18.6. The van der Waals surface area contributed by atoms with Crippen molar-refractivity contribution in [3.05, 3.63) is 293 Å². The van der Waals surface area contributed by atoms with Crippen LogP contribution in [0, 0.1) is 0 Å². The molecule has 4 aliphatic rings. The SMILES string of the molecule is c1ccc(-c2ccccc2N(c2ccc3c(c2)C2(c4ccccc4Oc4ccccc42)c2ccccc2-3)c2ccc3c(c2)C2(c4ccccc4Oc4ccccc42)c2ccc4ccccc4c2-3)cc1. The largest absolute Gasteiger partial charge is 0.457 e. The van der Waals surface area contributed by atoms with E-state index in [9.17, 15) is 0 Å². The Morgan fingerprint density at radius 3 is 1.36 bits per heavy atom. The lowest BCUT2D eigenvalue weighted by molar-refractivity contribution is 0.436. The van der Waals surface area contributed by atoms with E-state index in [-0.39, 0.29) is 0 Å². The van der Waals surface area contributed by atoms with Crippen molar-refractivity contribution >= 4 is 27.8 Å². The number of hydrogen-bond acceptors (Lipinski definition) is 3. The fourth-order valence-corrected chi connectivity index (χ4v) is 12.7. The lowest BCUT2D eigenvalue weighted by atomic mass is 9.66. The standard InChI is InChI=1S/C66H41NO2/c1-2-18-42(19-3-1)46-21-7-13-29-59(46)67(44-35-37-49-48-23-6-8-24-51(48)65(57(49)40-44)52-25-9-14-30-60(52)68-61-31-15-10-26-53(61)65)45-36-38-50-58(41-45)66(56-39-34-43-20-4-5-22-47(43)64(50)56)54-27-11-16-32-62(54)69-63-33-17-12-28-55(63)66/h1-41H. The number of nitrogens with zero attached hydrogens (tertiary/aromatic N) is 1. The molecule has 0 atom stereocenters. The van der Waals surface area contributed by atoms with Crippen LogP contribution in [0.5, 0.6) is 23.0 Å². The Morgan fingerprint density at radius 1 is 0.290 bits per heavy atom. The lowest BCUT2D eigenvalue weighted by Gasteiger charge is -2.40. The van der Waals surface area contributed by atoms with E-state index in [1.165, 1.54) is 55.3 Å². The van der Waals surface area contributed by atoms with Crippen molar-refractivity contribution in [1.29, 1.82) is 0 Å². The number of hydrogen-bond donors (Lipinski definition) is 0. The van der Waals surface area contributed by atoms with Gasteiger partial charge in [-0.1, -0.05) is 194 Å². The van der Waals surface area contributed by atoms with Crippen LogP contribution in [0.3, 0.4) is 0 Å². The fraction of sp³-hybridized carbons (Fsp3) is 0.0303. The number of anilines is 3. The number of fused-ring (bicyclic) bond motifs is 20. The molecule has 0 saturated carbocycles. The highest BCUT2D eigenvalue weighted by Crippen LogP contribution is 2.65. The van der Waals surface area contributed by atoms with E-state index >= 15 is 0 Å². The van der Waals surface area contributed by atoms with Crippen molar-refractivity contribution < 1.29 is 9.47 Å². The van der Waals surface area contributed by atoms with Crippen molar-refractivity contribution in [3.63, 3.8) is 0 Å². The molecule has 0 radical (unpaired) electrons. The molecule has 0 amide bonds. The molecule has 322 valence electrons. The van der Waals surface area contributed by atoms with Gasteiger partial charge in [-0.15, -0.1) is 0 Å². The maximum atomic E-state index is 6.82. The van der Waals surface area contributed by atoms with E-state index in [0.29, 0.717) is 0 Å². The summed E-state index contributed by atoms with van der Waals surface area (Å²) in [5.74, 6) is 3.51. The number of rotatable bonds is 4. The first-order valence-electron chi connectivity index (χ1n) is 23.8. The topological polar surface area (TPSA) is 21.7 Å². The van der Waals surface area contributed by atoms with Crippen molar-refractivity contribution in [3.8, 4) is 56.4 Å². The second-order valence-corrected chi connectivity index (χ2v) is 18.6. The number of ether oxygens (including phenoxy) is 2. The molecule has 0 unspecified atom stereocenters. The van der Waals surface area contributed by atoms with E-state index in [0.717, 1.165) is 73.4 Å². The molecule has 2 aliphatic carbocycles. The Labute approximate surface area is 400 Å². The molecule has 0 aromatic heterocycles. The van der Waals surface area contributed by atoms with Crippen LogP contribution in [0.4, 0.5) is 17.1 Å². The summed E-state index contributed by atoms with van der Waals surface area (Å²) in [5.41, 5.74) is 18.7. The Bertz CT molecular complexity index is 3850. The van der Waals surface area contributed by atoms with Crippen LogP contribution >= 0.6 is 0 Å². The smallest absolute Gasteiger partial charge is 0.132 e. The van der Waals surface area contributed by atoms with Crippen LogP contribution in [0.25, 0.3) is 44.2 Å². The van der Waals surface area contributed by atoms with Gasteiger partial charge in [-0.3, -0.25) is 0 Å². The molecule has 0 N–H and O–H groups in total. The third-order valence-corrected chi connectivity index (χ3v) is 15.4. The Hall–Kier alpha value is -8.92. The highest BCUT2D eigenvalue weighted by Gasteiger charge is 2.53. The van der Waals surface area contributed by atoms with Crippen LogP contribution in [-0.4, -0.2) is 0 Å². The lowest BCUT2D eigenvalue weighted by Crippen LogP contribution is -2.32. The first kappa shape index (κ1) is 38.2. The van der Waals surface area contributed by atoms with Crippen molar-refractivity contribution in [2.75, 3.05) is 4.90 Å². The fourth-order valence-electron chi connectivity index (χ4n) is 12.7. The van der Waals surface area contributed by atoms with Crippen LogP contribution in [-0.2, 0) is 10.8 Å². The third kappa shape index (κ3) is 5.06. The molecule has 2 heterocycles. The van der Waals surface area contributed by atoms with Gasteiger partial charge in [0.05, 0.1) is 16.5 Å². The molecule has 3 nitrogen and oxygen atoms in total. The first-order valence-corrected chi connectivity index (χ1v) is 23.8. The molecule has 11 aromatic carbocycles. The summed E-state index contributed by atoms with van der Waals surface area (Å²) in [6, 6.07) is 91.0. The van der Waals surface area contributed by atoms with E-state index in [2.05, 4.69) is 254 Å². The number of para-hydroxylation sites is 5.